The highest BCUT2D eigenvalue weighted by Gasteiger charge is 2.14. The van der Waals surface area contributed by atoms with Gasteiger partial charge in [-0.3, -0.25) is 0 Å². The molecule has 0 saturated carbocycles. The van der Waals surface area contributed by atoms with E-state index < -0.39 is 0 Å². The molecule has 1 fully saturated rings. The standard InChI is InChI=1S/C12H26N2OS/c1-11(2)12(10-15-3)13-4-5-14-6-8-16-9-7-14/h11-13H,4-10H2,1-3H3. The second-order valence-electron chi connectivity index (χ2n) is 4.71. The van der Waals surface area contributed by atoms with Gasteiger partial charge < -0.3 is 15.0 Å². The molecule has 1 saturated heterocycles. The lowest BCUT2D eigenvalue weighted by Crippen LogP contribution is -2.43. The van der Waals surface area contributed by atoms with Gasteiger partial charge in [0.15, 0.2) is 0 Å². The first kappa shape index (κ1) is 14.3. The van der Waals surface area contributed by atoms with Crippen LogP contribution in [0.3, 0.4) is 0 Å². The van der Waals surface area contributed by atoms with Crippen LogP contribution in [-0.2, 0) is 4.74 Å². The van der Waals surface area contributed by atoms with Crippen LogP contribution in [0.25, 0.3) is 0 Å². The summed E-state index contributed by atoms with van der Waals surface area (Å²) in [7, 11) is 1.78. The summed E-state index contributed by atoms with van der Waals surface area (Å²) < 4.78 is 5.23. The van der Waals surface area contributed by atoms with E-state index in [1.54, 1.807) is 7.11 Å². The highest BCUT2D eigenvalue weighted by atomic mass is 32.2. The zero-order valence-corrected chi connectivity index (χ0v) is 11.7. The second kappa shape index (κ2) is 8.34. The third-order valence-corrected chi connectivity index (χ3v) is 4.03. The van der Waals surface area contributed by atoms with E-state index in [0.717, 1.165) is 13.2 Å². The van der Waals surface area contributed by atoms with Crippen LogP contribution in [0.15, 0.2) is 0 Å². The first-order valence-corrected chi connectivity index (χ1v) is 7.42. The van der Waals surface area contributed by atoms with Gasteiger partial charge in [0.2, 0.25) is 0 Å². The third-order valence-electron chi connectivity index (χ3n) is 3.09. The molecule has 0 bridgehead atoms. The van der Waals surface area contributed by atoms with Crippen molar-refractivity contribution in [2.45, 2.75) is 19.9 Å². The average molecular weight is 246 g/mol. The van der Waals surface area contributed by atoms with Crippen molar-refractivity contribution in [2.24, 2.45) is 5.92 Å². The lowest BCUT2D eigenvalue weighted by atomic mass is 10.1. The Morgan fingerprint density at radius 1 is 1.31 bits per heavy atom. The van der Waals surface area contributed by atoms with E-state index in [2.05, 4.69) is 35.8 Å². The molecule has 1 N–H and O–H groups in total. The van der Waals surface area contributed by atoms with E-state index in [9.17, 15) is 0 Å². The number of rotatable bonds is 7. The molecule has 1 aliphatic heterocycles. The Balaban J connectivity index is 2.11. The van der Waals surface area contributed by atoms with Gasteiger partial charge in [0.25, 0.3) is 0 Å². The number of nitrogens with one attached hydrogen (secondary N) is 1. The summed E-state index contributed by atoms with van der Waals surface area (Å²) in [5.41, 5.74) is 0. The number of hydrogen-bond acceptors (Lipinski definition) is 4. The van der Waals surface area contributed by atoms with Crippen molar-refractivity contribution in [3.63, 3.8) is 0 Å². The van der Waals surface area contributed by atoms with Gasteiger partial charge in [-0.25, -0.2) is 0 Å². The number of ether oxygens (including phenoxy) is 1. The Hall–Kier alpha value is 0.230. The number of nitrogens with zero attached hydrogens (tertiary/aromatic N) is 1. The van der Waals surface area contributed by atoms with Gasteiger partial charge in [-0.15, -0.1) is 0 Å². The Morgan fingerprint density at radius 2 is 2.00 bits per heavy atom. The number of hydrogen-bond donors (Lipinski definition) is 1. The van der Waals surface area contributed by atoms with Crippen LogP contribution in [0, 0.1) is 5.92 Å². The fraction of sp³-hybridized carbons (Fsp3) is 1.00. The summed E-state index contributed by atoms with van der Waals surface area (Å²) in [6, 6.07) is 0.490. The lowest BCUT2D eigenvalue weighted by molar-refractivity contribution is 0.144. The topological polar surface area (TPSA) is 24.5 Å². The van der Waals surface area contributed by atoms with Crippen LogP contribution in [0.5, 0.6) is 0 Å². The second-order valence-corrected chi connectivity index (χ2v) is 5.94. The average Bonchev–Trinajstić information content (AvgIpc) is 2.29. The fourth-order valence-electron chi connectivity index (χ4n) is 1.90. The normalized spacial score (nSPS) is 20.2. The molecule has 16 heavy (non-hydrogen) atoms. The highest BCUT2D eigenvalue weighted by Crippen LogP contribution is 2.08. The van der Waals surface area contributed by atoms with Gasteiger partial charge in [0.1, 0.15) is 0 Å². The van der Waals surface area contributed by atoms with Crippen molar-refractivity contribution < 1.29 is 4.74 Å². The summed E-state index contributed by atoms with van der Waals surface area (Å²) in [5, 5.41) is 3.59. The third kappa shape index (κ3) is 5.53. The Labute approximate surface area is 104 Å². The molecule has 0 spiro atoms. The Kier molecular flexibility index (Phi) is 7.45. The zero-order valence-electron chi connectivity index (χ0n) is 10.9. The highest BCUT2D eigenvalue weighted by molar-refractivity contribution is 7.99. The van der Waals surface area contributed by atoms with Gasteiger partial charge in [-0.1, -0.05) is 13.8 Å². The van der Waals surface area contributed by atoms with E-state index in [0.29, 0.717) is 12.0 Å². The molecule has 96 valence electrons. The van der Waals surface area contributed by atoms with Crippen LogP contribution in [0.4, 0.5) is 0 Å². The van der Waals surface area contributed by atoms with Gasteiger partial charge in [-0.2, -0.15) is 11.8 Å². The largest absolute Gasteiger partial charge is 0.383 e. The number of methoxy groups -OCH3 is 1. The molecule has 1 aliphatic rings. The minimum absolute atomic E-state index is 0.490. The maximum atomic E-state index is 5.23. The Bertz CT molecular complexity index is 172. The SMILES string of the molecule is COCC(NCCN1CCSCC1)C(C)C. The van der Waals surface area contributed by atoms with Crippen LogP contribution >= 0.6 is 11.8 Å². The van der Waals surface area contributed by atoms with Crippen molar-refractivity contribution in [3.05, 3.63) is 0 Å². The van der Waals surface area contributed by atoms with Crippen LogP contribution in [-0.4, -0.2) is 62.3 Å². The maximum Gasteiger partial charge on any atom is 0.0618 e. The summed E-state index contributed by atoms with van der Waals surface area (Å²) >= 11 is 2.07. The van der Waals surface area contributed by atoms with Crippen molar-refractivity contribution in [3.8, 4) is 0 Å². The molecule has 4 heteroatoms. The molecule has 1 unspecified atom stereocenters. The zero-order chi connectivity index (χ0) is 11.8. The number of thioether (sulfide) groups is 1. The molecule has 0 aliphatic carbocycles. The monoisotopic (exact) mass is 246 g/mol. The molecule has 3 nitrogen and oxygen atoms in total. The molecule has 1 rings (SSSR count). The van der Waals surface area contributed by atoms with E-state index >= 15 is 0 Å². The smallest absolute Gasteiger partial charge is 0.0618 e. The van der Waals surface area contributed by atoms with Gasteiger partial charge in [0, 0.05) is 50.8 Å². The maximum absolute atomic E-state index is 5.23. The van der Waals surface area contributed by atoms with E-state index in [1.165, 1.54) is 31.1 Å². The van der Waals surface area contributed by atoms with Crippen molar-refractivity contribution >= 4 is 11.8 Å². The first-order chi connectivity index (χ1) is 7.74. The van der Waals surface area contributed by atoms with Crippen LogP contribution in [0.1, 0.15) is 13.8 Å². The van der Waals surface area contributed by atoms with Crippen LogP contribution in [0.2, 0.25) is 0 Å². The molecule has 0 radical (unpaired) electrons. The summed E-state index contributed by atoms with van der Waals surface area (Å²) in [6.45, 7) is 10.1. The predicted octanol–water partition coefficient (Wildman–Crippen LogP) is 1.30. The molecule has 1 heterocycles. The van der Waals surface area contributed by atoms with Crippen LogP contribution < -0.4 is 5.32 Å². The van der Waals surface area contributed by atoms with Crippen molar-refractivity contribution in [2.75, 3.05) is 51.4 Å². The molecular formula is C12H26N2OS. The summed E-state index contributed by atoms with van der Waals surface area (Å²) in [5.74, 6) is 3.23. The lowest BCUT2D eigenvalue weighted by Gasteiger charge is -2.28. The van der Waals surface area contributed by atoms with E-state index in [-0.39, 0.29) is 0 Å². The fourth-order valence-corrected chi connectivity index (χ4v) is 2.88. The van der Waals surface area contributed by atoms with Gasteiger partial charge >= 0.3 is 0 Å². The first-order valence-electron chi connectivity index (χ1n) is 6.26. The molecule has 0 amide bonds. The van der Waals surface area contributed by atoms with E-state index in [1.807, 2.05) is 0 Å². The summed E-state index contributed by atoms with van der Waals surface area (Å²) in [6.07, 6.45) is 0. The molecule has 0 aromatic heterocycles. The predicted molar refractivity (Wildman–Crippen MR) is 72.3 cm³/mol. The molecular weight excluding hydrogens is 220 g/mol. The van der Waals surface area contributed by atoms with Gasteiger partial charge in [0.05, 0.1) is 6.61 Å². The quantitative estimate of drug-likeness (QED) is 0.732. The molecule has 0 aromatic rings. The Morgan fingerprint density at radius 3 is 2.56 bits per heavy atom. The minimum atomic E-state index is 0.490. The van der Waals surface area contributed by atoms with Crippen molar-refractivity contribution in [1.29, 1.82) is 0 Å². The van der Waals surface area contributed by atoms with Crippen molar-refractivity contribution in [1.82, 2.24) is 10.2 Å². The van der Waals surface area contributed by atoms with E-state index in [4.69, 9.17) is 4.74 Å². The molecule has 0 aromatic carbocycles. The van der Waals surface area contributed by atoms with Gasteiger partial charge in [-0.05, 0) is 5.92 Å². The molecule has 1 atom stereocenters. The summed E-state index contributed by atoms with van der Waals surface area (Å²) in [4.78, 5) is 2.55. The minimum Gasteiger partial charge on any atom is -0.383 e.